The molecule has 1 saturated heterocycles. The second-order valence-corrected chi connectivity index (χ2v) is 11.9. The lowest BCUT2D eigenvalue weighted by Crippen LogP contribution is -2.55. The number of halogens is 3. The lowest BCUT2D eigenvalue weighted by Gasteiger charge is -2.42. The maximum atomic E-state index is 13.3. The molecule has 36 heavy (non-hydrogen) atoms. The lowest BCUT2D eigenvalue weighted by molar-refractivity contribution is -0.258. The zero-order valence-electron chi connectivity index (χ0n) is 19.8. The van der Waals surface area contributed by atoms with Crippen LogP contribution in [0.3, 0.4) is 0 Å². The SMILES string of the molecule is COc1cccc(C[C@H]2CN(S(=O)(=O)c3cccs3)CCN2c2ccc(C(C)(O)C(F)(F)F)cc2)c1. The second-order valence-electron chi connectivity index (χ2n) is 8.81. The maximum absolute atomic E-state index is 13.3. The van der Waals surface area contributed by atoms with Gasteiger partial charge in [-0.3, -0.25) is 0 Å². The van der Waals surface area contributed by atoms with Crippen LogP contribution in [-0.4, -0.2) is 56.8 Å². The summed E-state index contributed by atoms with van der Waals surface area (Å²) in [4.78, 5) is 2.01. The van der Waals surface area contributed by atoms with E-state index in [-0.39, 0.29) is 28.9 Å². The number of hydrogen-bond acceptors (Lipinski definition) is 6. The molecule has 0 spiro atoms. The van der Waals surface area contributed by atoms with Gasteiger partial charge in [0.2, 0.25) is 0 Å². The van der Waals surface area contributed by atoms with Crippen LogP contribution in [0, 0.1) is 0 Å². The molecule has 0 amide bonds. The molecule has 1 N–H and O–H groups in total. The van der Waals surface area contributed by atoms with Crippen molar-refractivity contribution >= 4 is 27.0 Å². The molecule has 1 fully saturated rings. The fourth-order valence-electron chi connectivity index (χ4n) is 4.31. The Morgan fingerprint density at radius 3 is 2.42 bits per heavy atom. The molecule has 3 aromatic rings. The van der Waals surface area contributed by atoms with E-state index in [0.29, 0.717) is 24.4 Å². The van der Waals surface area contributed by atoms with Gasteiger partial charge in [0.1, 0.15) is 9.96 Å². The first kappa shape index (κ1) is 26.5. The molecule has 0 aliphatic carbocycles. The third-order valence-electron chi connectivity index (χ3n) is 6.45. The summed E-state index contributed by atoms with van der Waals surface area (Å²) in [6.07, 6.45) is -4.32. The van der Waals surface area contributed by atoms with Crippen LogP contribution < -0.4 is 9.64 Å². The Hall–Kier alpha value is -2.60. The average Bonchev–Trinajstić information content (AvgIpc) is 3.40. The van der Waals surface area contributed by atoms with E-state index in [0.717, 1.165) is 23.8 Å². The van der Waals surface area contributed by atoms with Crippen LogP contribution in [-0.2, 0) is 22.0 Å². The third-order valence-corrected chi connectivity index (χ3v) is 9.69. The number of sulfonamides is 1. The predicted molar refractivity (Wildman–Crippen MR) is 133 cm³/mol. The maximum Gasteiger partial charge on any atom is 0.421 e. The Labute approximate surface area is 212 Å². The average molecular weight is 541 g/mol. The van der Waals surface area contributed by atoms with E-state index in [4.69, 9.17) is 4.74 Å². The molecule has 1 aliphatic heterocycles. The zero-order valence-corrected chi connectivity index (χ0v) is 21.4. The molecule has 2 heterocycles. The van der Waals surface area contributed by atoms with Crippen molar-refractivity contribution in [3.8, 4) is 5.75 Å². The highest BCUT2D eigenvalue weighted by atomic mass is 32.2. The van der Waals surface area contributed by atoms with Crippen LogP contribution >= 0.6 is 11.3 Å². The number of alkyl halides is 3. The summed E-state index contributed by atoms with van der Waals surface area (Å²) in [7, 11) is -2.09. The van der Waals surface area contributed by atoms with E-state index in [1.165, 1.54) is 28.6 Å². The van der Waals surface area contributed by atoms with E-state index in [1.807, 2.05) is 29.2 Å². The van der Waals surface area contributed by atoms with Gasteiger partial charge in [-0.05, 0) is 60.2 Å². The van der Waals surface area contributed by atoms with Crippen molar-refractivity contribution in [2.45, 2.75) is 35.4 Å². The monoisotopic (exact) mass is 540 g/mol. The van der Waals surface area contributed by atoms with Crippen molar-refractivity contribution in [2.24, 2.45) is 0 Å². The van der Waals surface area contributed by atoms with E-state index >= 15 is 0 Å². The summed E-state index contributed by atoms with van der Waals surface area (Å²) < 4.78 is 73.3. The minimum atomic E-state index is -4.81. The molecule has 1 aromatic heterocycles. The highest BCUT2D eigenvalue weighted by Crippen LogP contribution is 2.39. The van der Waals surface area contributed by atoms with Crippen molar-refractivity contribution in [1.82, 2.24) is 4.31 Å². The van der Waals surface area contributed by atoms with Gasteiger partial charge < -0.3 is 14.7 Å². The van der Waals surface area contributed by atoms with Crippen LogP contribution in [0.4, 0.5) is 18.9 Å². The van der Waals surface area contributed by atoms with Crippen molar-refractivity contribution in [3.63, 3.8) is 0 Å². The van der Waals surface area contributed by atoms with Gasteiger partial charge in [-0.25, -0.2) is 8.42 Å². The van der Waals surface area contributed by atoms with E-state index < -0.39 is 21.8 Å². The Kier molecular flexibility index (Phi) is 7.38. The van der Waals surface area contributed by atoms with Gasteiger partial charge in [0.05, 0.1) is 7.11 Å². The number of piperazine rings is 1. The minimum absolute atomic E-state index is 0.208. The van der Waals surface area contributed by atoms with E-state index in [1.54, 1.807) is 24.6 Å². The second kappa shape index (κ2) is 10.0. The molecular weight excluding hydrogens is 513 g/mol. The van der Waals surface area contributed by atoms with Crippen LogP contribution in [0.15, 0.2) is 70.3 Å². The predicted octanol–water partition coefficient (Wildman–Crippen LogP) is 4.65. The normalized spacial score (nSPS) is 19.2. The van der Waals surface area contributed by atoms with Crippen molar-refractivity contribution in [1.29, 1.82) is 0 Å². The van der Waals surface area contributed by atoms with Crippen LogP contribution in [0.2, 0.25) is 0 Å². The summed E-state index contributed by atoms with van der Waals surface area (Å²) in [6, 6.07) is 16.1. The van der Waals surface area contributed by atoms with Gasteiger partial charge >= 0.3 is 6.18 Å². The van der Waals surface area contributed by atoms with Gasteiger partial charge in [0, 0.05) is 31.4 Å². The first-order valence-electron chi connectivity index (χ1n) is 11.3. The fraction of sp³-hybridized carbons (Fsp3) is 0.360. The molecule has 0 bridgehead atoms. The largest absolute Gasteiger partial charge is 0.497 e. The Morgan fingerprint density at radius 2 is 1.81 bits per heavy atom. The van der Waals surface area contributed by atoms with Crippen LogP contribution in [0.1, 0.15) is 18.1 Å². The summed E-state index contributed by atoms with van der Waals surface area (Å²) in [5, 5.41) is 11.7. The number of aliphatic hydroxyl groups is 1. The number of hydrogen-bond donors (Lipinski definition) is 1. The van der Waals surface area contributed by atoms with E-state index in [2.05, 4.69) is 0 Å². The van der Waals surface area contributed by atoms with Crippen molar-refractivity contribution in [3.05, 3.63) is 77.2 Å². The number of nitrogens with zero attached hydrogens (tertiary/aromatic N) is 2. The number of thiophene rings is 1. The number of methoxy groups -OCH3 is 1. The highest BCUT2D eigenvalue weighted by Gasteiger charge is 2.51. The molecule has 2 atom stereocenters. The molecule has 0 saturated carbocycles. The molecule has 6 nitrogen and oxygen atoms in total. The molecular formula is C25H27F3N2O4S2. The molecule has 1 unspecified atom stereocenters. The van der Waals surface area contributed by atoms with Crippen molar-refractivity contribution < 1.29 is 31.4 Å². The van der Waals surface area contributed by atoms with Gasteiger partial charge in [-0.15, -0.1) is 11.3 Å². The van der Waals surface area contributed by atoms with E-state index in [9.17, 15) is 26.7 Å². The highest BCUT2D eigenvalue weighted by molar-refractivity contribution is 7.91. The summed E-state index contributed by atoms with van der Waals surface area (Å²) in [5.74, 6) is 0.677. The minimum Gasteiger partial charge on any atom is -0.497 e. The Bertz CT molecular complexity index is 1280. The van der Waals surface area contributed by atoms with Crippen LogP contribution in [0.5, 0.6) is 5.75 Å². The number of ether oxygens (including phenoxy) is 1. The van der Waals surface area contributed by atoms with Crippen LogP contribution in [0.25, 0.3) is 0 Å². The van der Waals surface area contributed by atoms with Gasteiger partial charge in [-0.1, -0.05) is 30.3 Å². The Morgan fingerprint density at radius 1 is 1.08 bits per heavy atom. The molecule has 194 valence electrons. The summed E-state index contributed by atoms with van der Waals surface area (Å²) >= 11 is 1.16. The van der Waals surface area contributed by atoms with Gasteiger partial charge in [0.25, 0.3) is 10.0 Å². The lowest BCUT2D eigenvalue weighted by atomic mass is 9.94. The molecule has 0 radical (unpaired) electrons. The summed E-state index contributed by atoms with van der Waals surface area (Å²) in [6.45, 7) is 1.52. The number of benzene rings is 2. The van der Waals surface area contributed by atoms with Crippen molar-refractivity contribution in [2.75, 3.05) is 31.6 Å². The van der Waals surface area contributed by atoms with Gasteiger partial charge in [0.15, 0.2) is 5.60 Å². The molecule has 11 heteroatoms. The van der Waals surface area contributed by atoms with Gasteiger partial charge in [-0.2, -0.15) is 17.5 Å². The Balaban J connectivity index is 1.64. The zero-order chi connectivity index (χ0) is 26.1. The first-order valence-corrected chi connectivity index (χ1v) is 13.6. The quantitative estimate of drug-likeness (QED) is 0.473. The molecule has 4 rings (SSSR count). The summed E-state index contributed by atoms with van der Waals surface area (Å²) in [5.41, 5.74) is -1.64. The molecule has 2 aromatic carbocycles. The topological polar surface area (TPSA) is 70.1 Å². The third kappa shape index (κ3) is 5.24. The first-order chi connectivity index (χ1) is 16.9. The fourth-order valence-corrected chi connectivity index (χ4v) is 6.92. The standard InChI is InChI=1S/C25H27F3N2O4S2/c1-24(31,25(26,27)28)19-8-10-20(11-9-19)30-13-12-29(36(32,33)23-7-4-14-35-23)17-21(30)15-18-5-3-6-22(16-18)34-2/h3-11,14,16,21,31H,12-13,15,17H2,1-2H3/t21-,24?/m0/s1. The number of rotatable bonds is 7. The number of anilines is 1. The smallest absolute Gasteiger partial charge is 0.421 e. The molecule has 1 aliphatic rings.